The van der Waals surface area contributed by atoms with Crippen molar-refractivity contribution in [1.82, 2.24) is 10.3 Å². The minimum absolute atomic E-state index is 0.233. The summed E-state index contributed by atoms with van der Waals surface area (Å²) in [6, 6.07) is 5.02. The Kier molecular flexibility index (Phi) is 4.04. The summed E-state index contributed by atoms with van der Waals surface area (Å²) in [6.45, 7) is 1.45. The Balaban J connectivity index is 1.87. The van der Waals surface area contributed by atoms with Crippen LogP contribution in [0.5, 0.6) is 0 Å². The van der Waals surface area contributed by atoms with Gasteiger partial charge in [0, 0.05) is 24.7 Å². The van der Waals surface area contributed by atoms with E-state index in [0.717, 1.165) is 17.1 Å². The van der Waals surface area contributed by atoms with Gasteiger partial charge < -0.3 is 5.32 Å². The number of thiazole rings is 1. The summed E-state index contributed by atoms with van der Waals surface area (Å²) in [6.07, 6.45) is 1.79. The molecule has 84 valence electrons. The van der Waals surface area contributed by atoms with E-state index >= 15 is 0 Å². The predicted molar refractivity (Wildman–Crippen MR) is 66.8 cm³/mol. The summed E-state index contributed by atoms with van der Waals surface area (Å²) in [4.78, 5) is 4.17. The predicted octanol–water partition coefficient (Wildman–Crippen LogP) is 3.33. The van der Waals surface area contributed by atoms with Crippen molar-refractivity contribution in [3.8, 4) is 0 Å². The molecule has 0 aliphatic rings. The van der Waals surface area contributed by atoms with Crippen molar-refractivity contribution in [2.45, 2.75) is 13.1 Å². The number of rotatable bonds is 4. The molecule has 2 nitrogen and oxygen atoms in total. The molecule has 0 unspecified atom stereocenters. The van der Waals surface area contributed by atoms with Crippen LogP contribution < -0.4 is 5.32 Å². The molecule has 0 radical (unpaired) electrons. The maximum absolute atomic E-state index is 13.0. The first kappa shape index (κ1) is 11.7. The van der Waals surface area contributed by atoms with Crippen LogP contribution in [-0.4, -0.2) is 4.98 Å². The van der Waals surface area contributed by atoms with E-state index in [1.54, 1.807) is 29.7 Å². The smallest absolute Gasteiger partial charge is 0.137 e. The fourth-order valence-electron chi connectivity index (χ4n) is 1.30. The zero-order valence-electron chi connectivity index (χ0n) is 8.41. The first-order chi connectivity index (χ1) is 7.75. The number of aromatic nitrogens is 1. The van der Waals surface area contributed by atoms with Crippen LogP contribution in [0.3, 0.4) is 0 Å². The topological polar surface area (TPSA) is 24.9 Å². The van der Waals surface area contributed by atoms with Gasteiger partial charge in [-0.1, -0.05) is 6.07 Å². The summed E-state index contributed by atoms with van der Waals surface area (Å²) in [5.74, 6) is -0.233. The summed E-state index contributed by atoms with van der Waals surface area (Å²) in [5.41, 5.74) is 1.05. The highest BCUT2D eigenvalue weighted by Gasteiger charge is 2.00. The van der Waals surface area contributed by atoms with Crippen molar-refractivity contribution in [3.05, 3.63) is 50.6 Å². The second kappa shape index (κ2) is 5.52. The first-order valence-corrected chi connectivity index (χ1v) is 6.46. The van der Waals surface area contributed by atoms with Crippen LogP contribution in [0, 0.1) is 5.82 Å². The van der Waals surface area contributed by atoms with E-state index in [4.69, 9.17) is 0 Å². The van der Waals surface area contributed by atoms with E-state index in [-0.39, 0.29) is 5.82 Å². The van der Waals surface area contributed by atoms with Crippen molar-refractivity contribution >= 4 is 27.3 Å². The number of nitrogens with zero attached hydrogens (tertiary/aromatic N) is 1. The van der Waals surface area contributed by atoms with Gasteiger partial charge in [0.1, 0.15) is 10.8 Å². The summed E-state index contributed by atoms with van der Waals surface area (Å²) in [7, 11) is 0. The van der Waals surface area contributed by atoms with Crippen molar-refractivity contribution in [1.29, 1.82) is 0 Å². The van der Waals surface area contributed by atoms with Crippen molar-refractivity contribution in [3.63, 3.8) is 0 Å². The maximum atomic E-state index is 13.0. The van der Waals surface area contributed by atoms with E-state index in [1.165, 1.54) is 6.07 Å². The zero-order valence-corrected chi connectivity index (χ0v) is 10.8. The SMILES string of the molecule is Fc1ccc(CNCc2nccs2)cc1Br. The Hall–Kier alpha value is -0.780. The third kappa shape index (κ3) is 3.10. The van der Waals surface area contributed by atoms with Gasteiger partial charge in [-0.2, -0.15) is 0 Å². The van der Waals surface area contributed by atoms with Crippen molar-refractivity contribution in [2.24, 2.45) is 0 Å². The van der Waals surface area contributed by atoms with E-state index in [1.807, 2.05) is 5.38 Å². The molecule has 0 fully saturated rings. The Morgan fingerprint density at radius 1 is 1.38 bits per heavy atom. The molecule has 5 heteroatoms. The van der Waals surface area contributed by atoms with E-state index < -0.39 is 0 Å². The Bertz CT molecular complexity index is 459. The molecule has 16 heavy (non-hydrogen) atoms. The molecule has 2 aromatic rings. The summed E-state index contributed by atoms with van der Waals surface area (Å²) >= 11 is 4.78. The average molecular weight is 301 g/mol. The average Bonchev–Trinajstić information content (AvgIpc) is 2.76. The fourth-order valence-corrected chi connectivity index (χ4v) is 2.32. The molecule has 0 aliphatic heterocycles. The number of benzene rings is 1. The molecule has 1 aromatic heterocycles. The lowest BCUT2D eigenvalue weighted by Crippen LogP contribution is -2.12. The van der Waals surface area contributed by atoms with E-state index in [0.29, 0.717) is 11.0 Å². The minimum atomic E-state index is -0.233. The number of nitrogens with one attached hydrogen (secondary N) is 1. The van der Waals surface area contributed by atoms with Crippen molar-refractivity contribution in [2.75, 3.05) is 0 Å². The van der Waals surface area contributed by atoms with Crippen LogP contribution in [0.4, 0.5) is 4.39 Å². The molecule has 1 aromatic carbocycles. The fraction of sp³-hybridized carbons (Fsp3) is 0.182. The van der Waals surface area contributed by atoms with Gasteiger partial charge >= 0.3 is 0 Å². The molecule has 0 amide bonds. The lowest BCUT2D eigenvalue weighted by molar-refractivity contribution is 0.618. The maximum Gasteiger partial charge on any atom is 0.137 e. The highest BCUT2D eigenvalue weighted by molar-refractivity contribution is 9.10. The number of halogens is 2. The van der Waals surface area contributed by atoms with Gasteiger partial charge in [0.25, 0.3) is 0 Å². The van der Waals surface area contributed by atoms with Crippen LogP contribution in [0.2, 0.25) is 0 Å². The summed E-state index contributed by atoms with van der Waals surface area (Å²) < 4.78 is 13.5. The van der Waals surface area contributed by atoms with Crippen LogP contribution in [0.25, 0.3) is 0 Å². The molecule has 0 bridgehead atoms. The lowest BCUT2D eigenvalue weighted by atomic mass is 10.2. The van der Waals surface area contributed by atoms with E-state index in [2.05, 4.69) is 26.2 Å². The van der Waals surface area contributed by atoms with Gasteiger partial charge in [0.2, 0.25) is 0 Å². The number of hydrogen-bond acceptors (Lipinski definition) is 3. The molecular formula is C11H10BrFN2S. The van der Waals surface area contributed by atoms with Gasteiger partial charge in [-0.05, 0) is 33.6 Å². The molecule has 0 spiro atoms. The molecule has 1 N–H and O–H groups in total. The quantitative estimate of drug-likeness (QED) is 0.937. The van der Waals surface area contributed by atoms with Gasteiger partial charge in [-0.25, -0.2) is 9.37 Å². The monoisotopic (exact) mass is 300 g/mol. The van der Waals surface area contributed by atoms with Crippen LogP contribution >= 0.6 is 27.3 Å². The molecular weight excluding hydrogens is 291 g/mol. The third-order valence-electron chi connectivity index (χ3n) is 2.07. The standard InChI is InChI=1S/C11H10BrFN2S/c12-9-5-8(1-2-10(9)13)6-14-7-11-15-3-4-16-11/h1-5,14H,6-7H2. The second-order valence-electron chi connectivity index (χ2n) is 3.28. The number of hydrogen-bond donors (Lipinski definition) is 1. The normalized spacial score (nSPS) is 10.6. The minimum Gasteiger partial charge on any atom is -0.306 e. The van der Waals surface area contributed by atoms with Gasteiger partial charge in [0.05, 0.1) is 4.47 Å². The Labute approximate surface area is 106 Å². The van der Waals surface area contributed by atoms with Gasteiger partial charge in [0.15, 0.2) is 0 Å². The highest BCUT2D eigenvalue weighted by atomic mass is 79.9. The molecule has 0 atom stereocenters. The first-order valence-electron chi connectivity index (χ1n) is 4.79. The molecule has 0 saturated carbocycles. The second-order valence-corrected chi connectivity index (χ2v) is 5.11. The van der Waals surface area contributed by atoms with Crippen LogP contribution in [0.15, 0.2) is 34.2 Å². The Morgan fingerprint density at radius 2 is 2.25 bits per heavy atom. The zero-order chi connectivity index (χ0) is 11.4. The molecule has 0 saturated heterocycles. The largest absolute Gasteiger partial charge is 0.306 e. The van der Waals surface area contributed by atoms with E-state index in [9.17, 15) is 4.39 Å². The lowest BCUT2D eigenvalue weighted by Gasteiger charge is -2.04. The highest BCUT2D eigenvalue weighted by Crippen LogP contribution is 2.16. The summed E-state index contributed by atoms with van der Waals surface area (Å²) in [5, 5.41) is 6.26. The molecule has 2 rings (SSSR count). The Morgan fingerprint density at radius 3 is 2.94 bits per heavy atom. The van der Waals surface area contributed by atoms with Crippen molar-refractivity contribution < 1.29 is 4.39 Å². The van der Waals surface area contributed by atoms with Crippen LogP contribution in [0.1, 0.15) is 10.6 Å². The van der Waals surface area contributed by atoms with Gasteiger partial charge in [-0.15, -0.1) is 11.3 Å². The van der Waals surface area contributed by atoms with Crippen LogP contribution in [-0.2, 0) is 13.1 Å². The molecule has 0 aliphatic carbocycles. The van der Waals surface area contributed by atoms with Gasteiger partial charge in [-0.3, -0.25) is 0 Å². The third-order valence-corrected chi connectivity index (χ3v) is 3.46. The molecule has 1 heterocycles.